The number of ketones is 1. The highest BCUT2D eigenvalue weighted by Gasteiger charge is 2.22. The number of anilines is 1. The van der Waals surface area contributed by atoms with E-state index in [1.54, 1.807) is 7.05 Å². The van der Waals surface area contributed by atoms with Gasteiger partial charge >= 0.3 is 0 Å². The Morgan fingerprint density at radius 3 is 3.05 bits per heavy atom. The predicted molar refractivity (Wildman–Crippen MR) is 74.9 cm³/mol. The van der Waals surface area contributed by atoms with Gasteiger partial charge in [-0.2, -0.15) is 5.10 Å². The van der Waals surface area contributed by atoms with E-state index in [1.165, 1.54) is 10.9 Å². The number of benzene rings is 1. The summed E-state index contributed by atoms with van der Waals surface area (Å²) in [6.07, 6.45) is 3.46. The summed E-state index contributed by atoms with van der Waals surface area (Å²) < 4.78 is 1.53. The molecule has 1 aromatic heterocycles. The molecule has 0 unspecified atom stereocenters. The Labute approximate surface area is 116 Å². The average molecular weight is 276 g/mol. The molecule has 0 amide bonds. The molecule has 0 radical (unpaired) electrons. The van der Waals surface area contributed by atoms with Gasteiger partial charge in [0.15, 0.2) is 0 Å². The lowest BCUT2D eigenvalue weighted by Gasteiger charge is -2.20. The topological polar surface area (TPSA) is 46.9 Å². The number of fused-ring (bicyclic) bond motifs is 1. The standard InChI is InChI=1S/C14H14ClN3O/c1-18-13(11(15)8-17-18)14(19)10-4-2-6-12-9(10)5-3-7-16-12/h2,4,6,8,16H,3,5,7H2,1H3. The van der Waals surface area contributed by atoms with Crippen LogP contribution in [0.3, 0.4) is 0 Å². The van der Waals surface area contributed by atoms with Crippen molar-refractivity contribution in [2.75, 3.05) is 11.9 Å². The number of nitrogens with one attached hydrogen (secondary N) is 1. The van der Waals surface area contributed by atoms with Gasteiger partial charge in [-0.15, -0.1) is 0 Å². The van der Waals surface area contributed by atoms with Crippen molar-refractivity contribution in [2.24, 2.45) is 7.05 Å². The van der Waals surface area contributed by atoms with Crippen molar-refractivity contribution in [1.82, 2.24) is 9.78 Å². The highest BCUT2D eigenvalue weighted by Crippen LogP contribution is 2.28. The highest BCUT2D eigenvalue weighted by atomic mass is 35.5. The largest absolute Gasteiger partial charge is 0.385 e. The van der Waals surface area contributed by atoms with Gasteiger partial charge in [0.1, 0.15) is 5.69 Å². The van der Waals surface area contributed by atoms with Crippen molar-refractivity contribution < 1.29 is 4.79 Å². The highest BCUT2D eigenvalue weighted by molar-refractivity contribution is 6.34. The van der Waals surface area contributed by atoms with E-state index in [1.807, 2.05) is 18.2 Å². The van der Waals surface area contributed by atoms with Gasteiger partial charge in [0.25, 0.3) is 0 Å². The number of carbonyl (C=O) groups is 1. The third-order valence-corrected chi connectivity index (χ3v) is 3.73. The maximum Gasteiger partial charge on any atom is 0.212 e. The number of nitrogens with zero attached hydrogens (tertiary/aromatic N) is 2. The molecule has 1 aliphatic rings. The minimum Gasteiger partial charge on any atom is -0.385 e. The molecule has 0 spiro atoms. The van der Waals surface area contributed by atoms with Crippen LogP contribution in [0.4, 0.5) is 5.69 Å². The molecule has 1 aromatic carbocycles. The van der Waals surface area contributed by atoms with E-state index in [0.29, 0.717) is 10.7 Å². The Morgan fingerprint density at radius 1 is 1.47 bits per heavy atom. The lowest BCUT2D eigenvalue weighted by atomic mass is 9.94. The normalized spacial score (nSPS) is 13.8. The monoisotopic (exact) mass is 275 g/mol. The third-order valence-electron chi connectivity index (χ3n) is 3.45. The molecule has 98 valence electrons. The van der Waals surface area contributed by atoms with Crippen LogP contribution in [-0.2, 0) is 13.5 Å². The first kappa shape index (κ1) is 12.2. The second kappa shape index (κ2) is 4.70. The minimum atomic E-state index is -0.0643. The molecule has 0 aliphatic carbocycles. The van der Waals surface area contributed by atoms with Crippen LogP contribution in [0.5, 0.6) is 0 Å². The fourth-order valence-corrected chi connectivity index (χ4v) is 2.77. The van der Waals surface area contributed by atoms with Crippen molar-refractivity contribution in [2.45, 2.75) is 12.8 Å². The van der Waals surface area contributed by atoms with Gasteiger partial charge in [-0.25, -0.2) is 0 Å². The van der Waals surface area contributed by atoms with Crippen molar-refractivity contribution in [1.29, 1.82) is 0 Å². The zero-order valence-electron chi connectivity index (χ0n) is 10.6. The van der Waals surface area contributed by atoms with Crippen LogP contribution < -0.4 is 5.32 Å². The number of halogens is 1. The van der Waals surface area contributed by atoms with E-state index in [4.69, 9.17) is 11.6 Å². The molecule has 2 aromatic rings. The lowest BCUT2D eigenvalue weighted by Crippen LogP contribution is -2.17. The molecule has 19 heavy (non-hydrogen) atoms. The SMILES string of the molecule is Cn1ncc(Cl)c1C(=O)c1cccc2c1CCCN2. The molecule has 0 saturated carbocycles. The Hall–Kier alpha value is -1.81. The summed E-state index contributed by atoms with van der Waals surface area (Å²) in [6.45, 7) is 0.955. The van der Waals surface area contributed by atoms with Crippen LogP contribution >= 0.6 is 11.6 Å². The fourth-order valence-electron chi connectivity index (χ4n) is 2.52. The third kappa shape index (κ3) is 2.02. The molecule has 0 bridgehead atoms. The first-order valence-corrected chi connectivity index (χ1v) is 6.64. The fraction of sp³-hybridized carbons (Fsp3) is 0.286. The summed E-state index contributed by atoms with van der Waals surface area (Å²) in [5, 5.41) is 7.74. The first-order chi connectivity index (χ1) is 9.18. The van der Waals surface area contributed by atoms with Gasteiger partial charge in [-0.3, -0.25) is 9.48 Å². The van der Waals surface area contributed by atoms with Crippen LogP contribution in [-0.4, -0.2) is 22.1 Å². The zero-order valence-corrected chi connectivity index (χ0v) is 11.4. The summed E-state index contributed by atoms with van der Waals surface area (Å²) in [7, 11) is 1.73. The molecule has 3 rings (SSSR count). The molecule has 5 heteroatoms. The second-order valence-corrected chi connectivity index (χ2v) is 5.06. The number of rotatable bonds is 2. The molecule has 0 saturated heterocycles. The number of hydrogen-bond acceptors (Lipinski definition) is 3. The van der Waals surface area contributed by atoms with E-state index in [2.05, 4.69) is 10.4 Å². The zero-order chi connectivity index (χ0) is 13.4. The van der Waals surface area contributed by atoms with E-state index >= 15 is 0 Å². The Kier molecular flexibility index (Phi) is 3.03. The predicted octanol–water partition coefficient (Wildman–Crippen LogP) is 2.66. The summed E-state index contributed by atoms with van der Waals surface area (Å²) in [5.41, 5.74) is 3.29. The number of carbonyl (C=O) groups excluding carboxylic acids is 1. The maximum absolute atomic E-state index is 12.6. The van der Waals surface area contributed by atoms with Gasteiger partial charge in [0, 0.05) is 24.8 Å². The Bertz CT molecular complexity index is 629. The molecular formula is C14H14ClN3O. The summed E-state index contributed by atoms with van der Waals surface area (Å²) >= 11 is 6.05. The van der Waals surface area contributed by atoms with E-state index in [9.17, 15) is 4.79 Å². The van der Waals surface area contributed by atoms with Crippen molar-refractivity contribution >= 4 is 23.1 Å². The van der Waals surface area contributed by atoms with Gasteiger partial charge in [0.05, 0.1) is 11.2 Å². The van der Waals surface area contributed by atoms with Crippen molar-refractivity contribution in [3.05, 3.63) is 46.2 Å². The Morgan fingerprint density at radius 2 is 2.32 bits per heavy atom. The van der Waals surface area contributed by atoms with E-state index in [-0.39, 0.29) is 5.78 Å². The molecule has 2 heterocycles. The summed E-state index contributed by atoms with van der Waals surface area (Å²) in [5.74, 6) is -0.0643. The maximum atomic E-state index is 12.6. The van der Waals surface area contributed by atoms with E-state index in [0.717, 1.165) is 36.2 Å². The minimum absolute atomic E-state index is 0.0643. The first-order valence-electron chi connectivity index (χ1n) is 6.26. The molecule has 4 nitrogen and oxygen atoms in total. The van der Waals surface area contributed by atoms with Gasteiger partial charge in [-0.05, 0) is 24.5 Å². The van der Waals surface area contributed by atoms with E-state index < -0.39 is 0 Å². The molecule has 0 fully saturated rings. The van der Waals surface area contributed by atoms with Gasteiger partial charge in [-0.1, -0.05) is 23.7 Å². The van der Waals surface area contributed by atoms with Gasteiger partial charge in [0.2, 0.25) is 5.78 Å². The molecular weight excluding hydrogens is 262 g/mol. The van der Waals surface area contributed by atoms with Crippen LogP contribution in [0.15, 0.2) is 24.4 Å². The smallest absolute Gasteiger partial charge is 0.212 e. The van der Waals surface area contributed by atoms with Crippen molar-refractivity contribution in [3.8, 4) is 0 Å². The number of aromatic nitrogens is 2. The lowest BCUT2D eigenvalue weighted by molar-refractivity contribution is 0.102. The second-order valence-electron chi connectivity index (χ2n) is 4.66. The summed E-state index contributed by atoms with van der Waals surface area (Å²) in [6, 6.07) is 5.77. The van der Waals surface area contributed by atoms with Gasteiger partial charge < -0.3 is 5.32 Å². The van der Waals surface area contributed by atoms with Crippen LogP contribution in [0.2, 0.25) is 5.02 Å². The molecule has 1 aliphatic heterocycles. The Balaban J connectivity index is 2.10. The number of aryl methyl sites for hydroxylation is 1. The van der Waals surface area contributed by atoms with Crippen LogP contribution in [0.25, 0.3) is 0 Å². The quantitative estimate of drug-likeness (QED) is 0.857. The number of hydrogen-bond donors (Lipinski definition) is 1. The average Bonchev–Trinajstić information content (AvgIpc) is 2.77. The van der Waals surface area contributed by atoms with Crippen molar-refractivity contribution in [3.63, 3.8) is 0 Å². The van der Waals surface area contributed by atoms with Crippen LogP contribution in [0.1, 0.15) is 28.0 Å². The van der Waals surface area contributed by atoms with Crippen LogP contribution in [0, 0.1) is 0 Å². The molecule has 0 atom stereocenters. The molecule has 1 N–H and O–H groups in total. The summed E-state index contributed by atoms with van der Waals surface area (Å²) in [4.78, 5) is 12.6.